The van der Waals surface area contributed by atoms with Gasteiger partial charge in [0.1, 0.15) is 17.5 Å². The van der Waals surface area contributed by atoms with E-state index in [0.717, 1.165) is 16.7 Å². The van der Waals surface area contributed by atoms with Crippen molar-refractivity contribution in [3.8, 4) is 5.69 Å². The van der Waals surface area contributed by atoms with Crippen LogP contribution >= 0.6 is 11.6 Å². The number of carbonyl (C=O) groups is 1. The third-order valence-corrected chi connectivity index (χ3v) is 4.52. The Morgan fingerprint density at radius 3 is 2.50 bits per heavy atom. The van der Waals surface area contributed by atoms with Crippen LogP contribution in [0.15, 0.2) is 41.2 Å². The lowest BCUT2D eigenvalue weighted by Gasteiger charge is -2.20. The molecule has 0 saturated heterocycles. The molecule has 0 radical (unpaired) electrons. The van der Waals surface area contributed by atoms with Gasteiger partial charge in [0.25, 0.3) is 5.56 Å². The first-order valence-electron chi connectivity index (χ1n) is 8.32. The zero-order chi connectivity index (χ0) is 20.6. The number of benzene rings is 2. The molecule has 6 nitrogen and oxygen atoms in total. The maximum Gasteiger partial charge on any atom is 0.267 e. The van der Waals surface area contributed by atoms with Gasteiger partial charge in [0.15, 0.2) is 0 Å². The fourth-order valence-electron chi connectivity index (χ4n) is 2.84. The highest BCUT2D eigenvalue weighted by atomic mass is 35.5. The molecule has 0 aliphatic rings. The van der Waals surface area contributed by atoms with E-state index in [4.69, 9.17) is 17.3 Å². The van der Waals surface area contributed by atoms with Crippen molar-refractivity contribution in [3.05, 3.63) is 69.2 Å². The third kappa shape index (κ3) is 3.74. The molecule has 1 atom stereocenters. The van der Waals surface area contributed by atoms with Crippen LogP contribution in [0, 0.1) is 11.6 Å². The van der Waals surface area contributed by atoms with Gasteiger partial charge in [-0.1, -0.05) is 17.7 Å². The Labute approximate surface area is 164 Å². The van der Waals surface area contributed by atoms with E-state index in [2.05, 4.69) is 4.98 Å². The Bertz CT molecular complexity index is 1110. The summed E-state index contributed by atoms with van der Waals surface area (Å²) >= 11 is 6.15. The summed E-state index contributed by atoms with van der Waals surface area (Å²) < 4.78 is 28.6. The summed E-state index contributed by atoms with van der Waals surface area (Å²) in [7, 11) is 3.13. The second-order valence-corrected chi connectivity index (χ2v) is 6.88. The second-order valence-electron chi connectivity index (χ2n) is 6.47. The summed E-state index contributed by atoms with van der Waals surface area (Å²) in [6, 6.07) is 6.37. The van der Waals surface area contributed by atoms with Crippen molar-refractivity contribution in [2.75, 3.05) is 14.1 Å². The summed E-state index contributed by atoms with van der Waals surface area (Å²) in [6.45, 7) is 0. The van der Waals surface area contributed by atoms with Crippen molar-refractivity contribution in [1.29, 1.82) is 0 Å². The molecule has 0 spiro atoms. The first kappa shape index (κ1) is 19.9. The molecule has 1 heterocycles. The molecule has 0 fully saturated rings. The van der Waals surface area contributed by atoms with E-state index in [0.29, 0.717) is 6.07 Å². The maximum absolute atomic E-state index is 13.8. The van der Waals surface area contributed by atoms with Gasteiger partial charge in [-0.15, -0.1) is 0 Å². The molecule has 3 aromatic rings. The lowest BCUT2D eigenvalue weighted by atomic mass is 10.1. The molecule has 28 heavy (non-hydrogen) atoms. The van der Waals surface area contributed by atoms with Gasteiger partial charge in [-0.3, -0.25) is 14.2 Å². The number of nitrogens with zero attached hydrogens (tertiary/aromatic N) is 3. The zero-order valence-corrected chi connectivity index (χ0v) is 15.9. The standard InChI is InChI=1S/C19H17ClF2N4O2/c1-25(2)16(27)9-14(23)18-24-15-5-3-4-13(20)17(15)19(28)26(18)12-7-10(21)6-11(22)8-12/h3-8,14H,9,23H2,1-2H3/t14-/m0/s1. The lowest BCUT2D eigenvalue weighted by molar-refractivity contribution is -0.129. The minimum absolute atomic E-state index is 0.0000309. The van der Waals surface area contributed by atoms with E-state index < -0.39 is 23.2 Å². The fraction of sp³-hybridized carbons (Fsp3) is 0.211. The Morgan fingerprint density at radius 2 is 1.89 bits per heavy atom. The van der Waals surface area contributed by atoms with Gasteiger partial charge in [-0.05, 0) is 24.3 Å². The predicted molar refractivity (Wildman–Crippen MR) is 103 cm³/mol. The summed E-state index contributed by atoms with van der Waals surface area (Å²) in [5, 5.41) is 0.230. The third-order valence-electron chi connectivity index (χ3n) is 4.20. The van der Waals surface area contributed by atoms with Crippen LogP contribution in [-0.2, 0) is 4.79 Å². The topological polar surface area (TPSA) is 81.2 Å². The maximum atomic E-state index is 13.8. The van der Waals surface area contributed by atoms with E-state index in [1.807, 2.05) is 0 Å². The van der Waals surface area contributed by atoms with Crippen LogP contribution in [0.2, 0.25) is 5.02 Å². The zero-order valence-electron chi connectivity index (χ0n) is 15.1. The van der Waals surface area contributed by atoms with Gasteiger partial charge in [-0.2, -0.15) is 0 Å². The van der Waals surface area contributed by atoms with Gasteiger partial charge in [0.2, 0.25) is 5.91 Å². The smallest absolute Gasteiger partial charge is 0.267 e. The summed E-state index contributed by atoms with van der Waals surface area (Å²) in [6.07, 6.45) is -0.149. The summed E-state index contributed by atoms with van der Waals surface area (Å²) in [5.41, 5.74) is 5.69. The quantitative estimate of drug-likeness (QED) is 0.722. The number of hydrogen-bond acceptors (Lipinski definition) is 4. The highest BCUT2D eigenvalue weighted by molar-refractivity contribution is 6.35. The van der Waals surface area contributed by atoms with E-state index in [9.17, 15) is 18.4 Å². The molecule has 1 aromatic heterocycles. The van der Waals surface area contributed by atoms with Gasteiger partial charge in [0, 0.05) is 26.6 Å². The van der Waals surface area contributed by atoms with E-state index in [1.165, 1.54) is 11.0 Å². The van der Waals surface area contributed by atoms with Crippen molar-refractivity contribution >= 4 is 28.4 Å². The van der Waals surface area contributed by atoms with Crippen molar-refractivity contribution < 1.29 is 13.6 Å². The SMILES string of the molecule is CN(C)C(=O)C[C@H](N)c1nc2cccc(Cl)c2c(=O)n1-c1cc(F)cc(F)c1. The number of rotatable bonds is 4. The molecular formula is C19H17ClF2N4O2. The van der Waals surface area contributed by atoms with Crippen LogP contribution < -0.4 is 11.3 Å². The van der Waals surface area contributed by atoms with Gasteiger partial charge in [-0.25, -0.2) is 13.8 Å². The van der Waals surface area contributed by atoms with Crippen molar-refractivity contribution in [1.82, 2.24) is 14.5 Å². The number of hydrogen-bond donors (Lipinski definition) is 1. The molecule has 9 heteroatoms. The number of aromatic nitrogens is 2. The highest BCUT2D eigenvalue weighted by Crippen LogP contribution is 2.24. The molecule has 0 aliphatic carbocycles. The molecule has 0 unspecified atom stereocenters. The molecule has 0 bridgehead atoms. The van der Waals surface area contributed by atoms with E-state index in [-0.39, 0.29) is 39.8 Å². The molecule has 1 amide bonds. The Kier molecular flexibility index (Phi) is 5.44. The minimum atomic E-state index is -0.989. The van der Waals surface area contributed by atoms with Gasteiger partial charge < -0.3 is 10.6 Å². The molecule has 0 aliphatic heterocycles. The normalized spacial score (nSPS) is 12.2. The van der Waals surface area contributed by atoms with Crippen molar-refractivity contribution in [2.45, 2.75) is 12.5 Å². The first-order valence-corrected chi connectivity index (χ1v) is 8.70. The van der Waals surface area contributed by atoms with Crippen molar-refractivity contribution in [3.63, 3.8) is 0 Å². The molecular weight excluding hydrogens is 390 g/mol. The second kappa shape index (κ2) is 7.65. The van der Waals surface area contributed by atoms with Crippen LogP contribution in [0.3, 0.4) is 0 Å². The first-order chi connectivity index (χ1) is 13.2. The summed E-state index contributed by atoms with van der Waals surface area (Å²) in [4.78, 5) is 31.0. The average Bonchev–Trinajstić information content (AvgIpc) is 2.60. The Morgan fingerprint density at radius 1 is 1.25 bits per heavy atom. The number of carbonyl (C=O) groups excluding carboxylic acids is 1. The highest BCUT2D eigenvalue weighted by Gasteiger charge is 2.23. The largest absolute Gasteiger partial charge is 0.349 e. The van der Waals surface area contributed by atoms with E-state index >= 15 is 0 Å². The van der Waals surface area contributed by atoms with Crippen LogP contribution in [0.25, 0.3) is 16.6 Å². The summed E-state index contributed by atoms with van der Waals surface area (Å²) in [5.74, 6) is -2.03. The average molecular weight is 407 g/mol. The number of fused-ring (bicyclic) bond motifs is 1. The van der Waals surface area contributed by atoms with Crippen LogP contribution in [-0.4, -0.2) is 34.5 Å². The van der Waals surface area contributed by atoms with Gasteiger partial charge >= 0.3 is 0 Å². The number of amides is 1. The number of nitrogens with two attached hydrogens (primary N) is 1. The molecule has 3 rings (SSSR count). The molecule has 146 valence electrons. The van der Waals surface area contributed by atoms with Crippen LogP contribution in [0.4, 0.5) is 8.78 Å². The van der Waals surface area contributed by atoms with Crippen LogP contribution in [0.1, 0.15) is 18.3 Å². The monoisotopic (exact) mass is 406 g/mol. The predicted octanol–water partition coefficient (Wildman–Crippen LogP) is 2.80. The Balaban J connectivity index is 2.32. The Hall–Kier alpha value is -2.84. The molecule has 2 aromatic carbocycles. The van der Waals surface area contributed by atoms with Crippen LogP contribution in [0.5, 0.6) is 0 Å². The van der Waals surface area contributed by atoms with Crippen molar-refractivity contribution in [2.24, 2.45) is 5.73 Å². The molecule has 2 N–H and O–H groups in total. The number of halogens is 3. The fourth-order valence-corrected chi connectivity index (χ4v) is 3.09. The molecule has 0 saturated carbocycles. The minimum Gasteiger partial charge on any atom is -0.349 e. The lowest BCUT2D eigenvalue weighted by Crippen LogP contribution is -2.32. The van der Waals surface area contributed by atoms with Gasteiger partial charge in [0.05, 0.1) is 27.7 Å². The van der Waals surface area contributed by atoms with E-state index in [1.54, 1.807) is 26.2 Å².